The minimum Gasteiger partial charge on any atom is -0.318 e. The first-order chi connectivity index (χ1) is 7.07. The standard InChI is InChI=1S/C13H26N2/c1-5-11(10(2)3)12-8-6-7-9-13(12)15(4)14/h10-11H,5-9,14H2,1-4H3. The lowest BCUT2D eigenvalue weighted by molar-refractivity contribution is 0.346. The van der Waals surface area contributed by atoms with E-state index in [-0.39, 0.29) is 0 Å². The summed E-state index contributed by atoms with van der Waals surface area (Å²) in [6, 6.07) is 0. The zero-order chi connectivity index (χ0) is 11.4. The van der Waals surface area contributed by atoms with Gasteiger partial charge >= 0.3 is 0 Å². The lowest BCUT2D eigenvalue weighted by atomic mass is 9.79. The molecular weight excluding hydrogens is 184 g/mol. The number of nitrogens with two attached hydrogens (primary N) is 1. The van der Waals surface area contributed by atoms with Gasteiger partial charge in [-0.3, -0.25) is 0 Å². The monoisotopic (exact) mass is 210 g/mol. The Kier molecular flexibility index (Phi) is 4.65. The van der Waals surface area contributed by atoms with Crippen molar-refractivity contribution in [3.05, 3.63) is 11.3 Å². The molecule has 0 aromatic carbocycles. The molecule has 0 saturated carbocycles. The lowest BCUT2D eigenvalue weighted by Crippen LogP contribution is -2.30. The molecule has 0 bridgehead atoms. The van der Waals surface area contributed by atoms with E-state index < -0.39 is 0 Å². The first-order valence-electron chi connectivity index (χ1n) is 6.28. The summed E-state index contributed by atoms with van der Waals surface area (Å²) < 4.78 is 0. The fourth-order valence-corrected chi connectivity index (χ4v) is 2.84. The molecule has 1 rings (SSSR count). The quantitative estimate of drug-likeness (QED) is 0.570. The van der Waals surface area contributed by atoms with Gasteiger partial charge < -0.3 is 5.01 Å². The van der Waals surface area contributed by atoms with Gasteiger partial charge in [-0.2, -0.15) is 0 Å². The van der Waals surface area contributed by atoms with Gasteiger partial charge in [0.1, 0.15) is 0 Å². The number of hydrazine groups is 1. The number of hydrogen-bond donors (Lipinski definition) is 1. The van der Waals surface area contributed by atoms with Crippen LogP contribution in [-0.2, 0) is 0 Å². The van der Waals surface area contributed by atoms with E-state index in [9.17, 15) is 0 Å². The second-order valence-electron chi connectivity index (χ2n) is 5.05. The minimum atomic E-state index is 0.728. The van der Waals surface area contributed by atoms with Crippen molar-refractivity contribution in [3.63, 3.8) is 0 Å². The van der Waals surface area contributed by atoms with Crippen molar-refractivity contribution in [2.45, 2.75) is 52.9 Å². The third-order valence-corrected chi connectivity index (χ3v) is 3.60. The highest BCUT2D eigenvalue weighted by molar-refractivity contribution is 5.18. The molecule has 0 fully saturated rings. The molecule has 1 unspecified atom stereocenters. The van der Waals surface area contributed by atoms with Crippen molar-refractivity contribution in [2.75, 3.05) is 7.05 Å². The van der Waals surface area contributed by atoms with E-state index in [0.717, 1.165) is 11.8 Å². The molecule has 15 heavy (non-hydrogen) atoms. The van der Waals surface area contributed by atoms with Crippen LogP contribution in [0.25, 0.3) is 0 Å². The molecule has 0 spiro atoms. The van der Waals surface area contributed by atoms with Crippen LogP contribution in [0.3, 0.4) is 0 Å². The summed E-state index contributed by atoms with van der Waals surface area (Å²) in [6.45, 7) is 6.94. The Balaban J connectivity index is 2.94. The van der Waals surface area contributed by atoms with E-state index in [1.807, 2.05) is 12.1 Å². The van der Waals surface area contributed by atoms with Crippen LogP contribution in [0.4, 0.5) is 0 Å². The molecule has 0 heterocycles. The molecule has 88 valence electrons. The first kappa shape index (κ1) is 12.6. The number of allylic oxidation sites excluding steroid dienone is 2. The Labute approximate surface area is 94.5 Å². The van der Waals surface area contributed by atoms with Gasteiger partial charge in [0, 0.05) is 12.7 Å². The molecule has 1 atom stereocenters. The van der Waals surface area contributed by atoms with E-state index in [2.05, 4.69) is 20.8 Å². The summed E-state index contributed by atoms with van der Waals surface area (Å²) in [5, 5.41) is 1.85. The molecule has 0 aliphatic heterocycles. The molecule has 0 aromatic heterocycles. The molecule has 2 nitrogen and oxygen atoms in total. The summed E-state index contributed by atoms with van der Waals surface area (Å²) >= 11 is 0. The second kappa shape index (κ2) is 5.55. The van der Waals surface area contributed by atoms with Gasteiger partial charge in [0.2, 0.25) is 0 Å². The highest BCUT2D eigenvalue weighted by Crippen LogP contribution is 2.35. The fourth-order valence-electron chi connectivity index (χ4n) is 2.84. The Morgan fingerprint density at radius 1 is 1.27 bits per heavy atom. The summed E-state index contributed by atoms with van der Waals surface area (Å²) in [4.78, 5) is 0. The Morgan fingerprint density at radius 3 is 2.33 bits per heavy atom. The summed E-state index contributed by atoms with van der Waals surface area (Å²) in [5.74, 6) is 7.39. The zero-order valence-corrected chi connectivity index (χ0v) is 10.7. The molecule has 2 heteroatoms. The number of rotatable bonds is 4. The molecule has 0 saturated heterocycles. The van der Waals surface area contributed by atoms with Gasteiger partial charge in [-0.25, -0.2) is 5.84 Å². The third-order valence-electron chi connectivity index (χ3n) is 3.60. The van der Waals surface area contributed by atoms with Crippen molar-refractivity contribution < 1.29 is 0 Å². The maximum absolute atomic E-state index is 5.93. The van der Waals surface area contributed by atoms with Crippen LogP contribution in [0.2, 0.25) is 0 Å². The highest BCUT2D eigenvalue weighted by atomic mass is 15.4. The predicted molar refractivity (Wildman–Crippen MR) is 66.1 cm³/mol. The average molecular weight is 210 g/mol. The van der Waals surface area contributed by atoms with Crippen molar-refractivity contribution in [2.24, 2.45) is 17.7 Å². The van der Waals surface area contributed by atoms with Gasteiger partial charge in [0.15, 0.2) is 0 Å². The van der Waals surface area contributed by atoms with Crippen molar-refractivity contribution >= 4 is 0 Å². The van der Waals surface area contributed by atoms with Crippen LogP contribution in [0, 0.1) is 11.8 Å². The largest absolute Gasteiger partial charge is 0.318 e. The van der Waals surface area contributed by atoms with Crippen molar-refractivity contribution in [1.82, 2.24) is 5.01 Å². The summed E-state index contributed by atoms with van der Waals surface area (Å²) in [7, 11) is 1.98. The fraction of sp³-hybridized carbons (Fsp3) is 0.846. The molecule has 2 N–H and O–H groups in total. The Bertz CT molecular complexity index is 229. The summed E-state index contributed by atoms with van der Waals surface area (Å²) in [6.07, 6.45) is 6.31. The zero-order valence-electron chi connectivity index (χ0n) is 10.7. The first-order valence-corrected chi connectivity index (χ1v) is 6.28. The van der Waals surface area contributed by atoms with Crippen LogP contribution in [-0.4, -0.2) is 12.1 Å². The summed E-state index contributed by atoms with van der Waals surface area (Å²) in [5.41, 5.74) is 3.03. The maximum Gasteiger partial charge on any atom is 0.0283 e. The van der Waals surface area contributed by atoms with Gasteiger partial charge in [-0.15, -0.1) is 0 Å². The topological polar surface area (TPSA) is 29.3 Å². The smallest absolute Gasteiger partial charge is 0.0283 e. The molecular formula is C13H26N2. The van der Waals surface area contributed by atoms with Gasteiger partial charge in [-0.1, -0.05) is 20.8 Å². The lowest BCUT2D eigenvalue weighted by Gasteiger charge is -2.32. The Hall–Kier alpha value is -0.500. The third kappa shape index (κ3) is 2.97. The molecule has 0 radical (unpaired) electrons. The average Bonchev–Trinajstić information content (AvgIpc) is 2.18. The molecule has 0 aromatic rings. The van der Waals surface area contributed by atoms with Crippen LogP contribution in [0.15, 0.2) is 11.3 Å². The SMILES string of the molecule is CCC(C1=C(N(C)N)CCCC1)C(C)C. The van der Waals surface area contributed by atoms with Gasteiger partial charge in [-0.05, 0) is 49.5 Å². The minimum absolute atomic E-state index is 0.728. The van der Waals surface area contributed by atoms with Crippen LogP contribution >= 0.6 is 0 Å². The van der Waals surface area contributed by atoms with Crippen molar-refractivity contribution in [3.8, 4) is 0 Å². The van der Waals surface area contributed by atoms with Crippen LogP contribution in [0.5, 0.6) is 0 Å². The number of hydrogen-bond acceptors (Lipinski definition) is 2. The van der Waals surface area contributed by atoms with E-state index in [1.165, 1.54) is 37.8 Å². The number of nitrogens with zero attached hydrogens (tertiary/aromatic N) is 1. The van der Waals surface area contributed by atoms with E-state index in [0.29, 0.717) is 0 Å². The van der Waals surface area contributed by atoms with Crippen LogP contribution in [0.1, 0.15) is 52.9 Å². The predicted octanol–water partition coefficient (Wildman–Crippen LogP) is 3.30. The normalized spacial score (nSPS) is 19.6. The van der Waals surface area contributed by atoms with Gasteiger partial charge in [0.25, 0.3) is 0 Å². The maximum atomic E-state index is 5.93. The van der Waals surface area contributed by atoms with Crippen molar-refractivity contribution in [1.29, 1.82) is 0 Å². The van der Waals surface area contributed by atoms with Crippen LogP contribution < -0.4 is 5.84 Å². The molecule has 1 aliphatic rings. The Morgan fingerprint density at radius 2 is 1.87 bits per heavy atom. The highest BCUT2D eigenvalue weighted by Gasteiger charge is 2.23. The molecule has 0 amide bonds. The second-order valence-corrected chi connectivity index (χ2v) is 5.05. The molecule has 1 aliphatic carbocycles. The van der Waals surface area contributed by atoms with E-state index in [1.54, 1.807) is 5.57 Å². The van der Waals surface area contributed by atoms with E-state index >= 15 is 0 Å². The van der Waals surface area contributed by atoms with E-state index in [4.69, 9.17) is 5.84 Å². The van der Waals surface area contributed by atoms with Gasteiger partial charge in [0.05, 0.1) is 0 Å².